The number of aliphatic carboxylic acids is 1. The molecule has 0 aliphatic heterocycles. The molecule has 0 aliphatic rings. The largest absolute Gasteiger partial charge is 0.480 e. The third-order valence-electron chi connectivity index (χ3n) is 3.11. The highest BCUT2D eigenvalue weighted by Gasteiger charge is 2.11. The predicted octanol–water partition coefficient (Wildman–Crippen LogP) is 2.76. The molecule has 0 saturated carbocycles. The normalized spacial score (nSPS) is 12.3. The Morgan fingerprint density at radius 1 is 1.17 bits per heavy atom. The van der Waals surface area contributed by atoms with E-state index in [-0.39, 0.29) is 0 Å². The fraction of sp³-hybridized carbons (Fsp3) is 0.533. The zero-order valence-corrected chi connectivity index (χ0v) is 11.1. The number of carboxylic acids is 1. The number of carbonyl (C=O) groups is 1. The van der Waals surface area contributed by atoms with E-state index < -0.39 is 12.0 Å². The molecule has 0 fully saturated rings. The van der Waals surface area contributed by atoms with Gasteiger partial charge < -0.3 is 10.8 Å². The van der Waals surface area contributed by atoms with Crippen molar-refractivity contribution in [3.8, 4) is 0 Å². The fourth-order valence-corrected chi connectivity index (χ4v) is 1.94. The summed E-state index contributed by atoms with van der Waals surface area (Å²) in [5.41, 5.74) is 7.81. The van der Waals surface area contributed by atoms with Gasteiger partial charge in [-0.1, -0.05) is 50.5 Å². The molecule has 3 nitrogen and oxygen atoms in total. The summed E-state index contributed by atoms with van der Waals surface area (Å²) in [6, 6.07) is 7.32. The summed E-state index contributed by atoms with van der Waals surface area (Å²) in [5.74, 6) is -0.946. The summed E-state index contributed by atoms with van der Waals surface area (Å²) >= 11 is 0. The Labute approximate surface area is 109 Å². The Balaban J connectivity index is 2.40. The second-order valence-corrected chi connectivity index (χ2v) is 4.78. The quantitative estimate of drug-likeness (QED) is 0.696. The Morgan fingerprint density at radius 3 is 2.33 bits per heavy atom. The first-order valence-electron chi connectivity index (χ1n) is 6.69. The zero-order valence-electron chi connectivity index (χ0n) is 11.1. The Bertz CT molecular complexity index is 359. The SMILES string of the molecule is CCCCCCc1ccc(CC(N)C(=O)O)cc1. The molecule has 0 aromatic heterocycles. The van der Waals surface area contributed by atoms with Crippen molar-refractivity contribution in [2.45, 2.75) is 51.5 Å². The van der Waals surface area contributed by atoms with Gasteiger partial charge in [-0.15, -0.1) is 0 Å². The van der Waals surface area contributed by atoms with Crippen LogP contribution in [0.2, 0.25) is 0 Å². The van der Waals surface area contributed by atoms with Crippen LogP contribution < -0.4 is 5.73 Å². The molecule has 1 aromatic carbocycles. The molecule has 18 heavy (non-hydrogen) atoms. The third kappa shape index (κ3) is 5.32. The van der Waals surface area contributed by atoms with Gasteiger partial charge in [-0.05, 0) is 30.4 Å². The van der Waals surface area contributed by atoms with Crippen molar-refractivity contribution < 1.29 is 9.90 Å². The smallest absolute Gasteiger partial charge is 0.320 e. The van der Waals surface area contributed by atoms with Crippen molar-refractivity contribution in [3.63, 3.8) is 0 Å². The van der Waals surface area contributed by atoms with Gasteiger partial charge in [0.15, 0.2) is 0 Å². The predicted molar refractivity (Wildman–Crippen MR) is 73.6 cm³/mol. The number of hydrogen-bond donors (Lipinski definition) is 2. The minimum atomic E-state index is -0.946. The molecule has 0 amide bonds. The van der Waals surface area contributed by atoms with Crippen LogP contribution in [0.15, 0.2) is 24.3 Å². The second kappa shape index (κ2) is 7.88. The molecule has 3 heteroatoms. The first-order valence-corrected chi connectivity index (χ1v) is 6.69. The van der Waals surface area contributed by atoms with Crippen molar-refractivity contribution in [2.24, 2.45) is 5.73 Å². The van der Waals surface area contributed by atoms with Crippen LogP contribution in [0.25, 0.3) is 0 Å². The van der Waals surface area contributed by atoms with E-state index in [0.717, 1.165) is 12.0 Å². The van der Waals surface area contributed by atoms with E-state index in [1.54, 1.807) is 0 Å². The van der Waals surface area contributed by atoms with Crippen LogP contribution in [0.1, 0.15) is 43.7 Å². The van der Waals surface area contributed by atoms with Gasteiger partial charge in [0.1, 0.15) is 6.04 Å². The monoisotopic (exact) mass is 249 g/mol. The molecular weight excluding hydrogens is 226 g/mol. The first kappa shape index (κ1) is 14.7. The molecule has 1 aromatic rings. The lowest BCUT2D eigenvalue weighted by atomic mass is 10.0. The van der Waals surface area contributed by atoms with Crippen LogP contribution in [-0.4, -0.2) is 17.1 Å². The van der Waals surface area contributed by atoms with Crippen molar-refractivity contribution in [2.75, 3.05) is 0 Å². The maximum Gasteiger partial charge on any atom is 0.320 e. The van der Waals surface area contributed by atoms with Crippen molar-refractivity contribution >= 4 is 5.97 Å². The molecule has 1 unspecified atom stereocenters. The maximum absolute atomic E-state index is 10.6. The highest BCUT2D eigenvalue weighted by molar-refractivity contribution is 5.73. The topological polar surface area (TPSA) is 63.3 Å². The average molecular weight is 249 g/mol. The molecule has 0 bridgehead atoms. The molecule has 3 N–H and O–H groups in total. The third-order valence-corrected chi connectivity index (χ3v) is 3.11. The fourth-order valence-electron chi connectivity index (χ4n) is 1.94. The van der Waals surface area contributed by atoms with Crippen LogP contribution in [0.3, 0.4) is 0 Å². The van der Waals surface area contributed by atoms with Gasteiger partial charge in [0.05, 0.1) is 0 Å². The van der Waals surface area contributed by atoms with Gasteiger partial charge in [-0.25, -0.2) is 0 Å². The van der Waals surface area contributed by atoms with Crippen molar-refractivity contribution in [3.05, 3.63) is 35.4 Å². The van der Waals surface area contributed by atoms with E-state index in [9.17, 15) is 4.79 Å². The van der Waals surface area contributed by atoms with Crippen LogP contribution >= 0.6 is 0 Å². The highest BCUT2D eigenvalue weighted by atomic mass is 16.4. The molecule has 0 spiro atoms. The number of benzene rings is 1. The summed E-state index contributed by atoms with van der Waals surface area (Å²) in [7, 11) is 0. The molecule has 0 saturated heterocycles. The van der Waals surface area contributed by atoms with E-state index in [4.69, 9.17) is 10.8 Å². The minimum absolute atomic E-state index is 0.394. The number of aryl methyl sites for hydroxylation is 1. The van der Waals surface area contributed by atoms with Gasteiger partial charge in [-0.3, -0.25) is 4.79 Å². The first-order chi connectivity index (χ1) is 8.63. The summed E-state index contributed by atoms with van der Waals surface area (Å²) < 4.78 is 0. The summed E-state index contributed by atoms with van der Waals surface area (Å²) in [6.45, 7) is 2.21. The second-order valence-electron chi connectivity index (χ2n) is 4.78. The van der Waals surface area contributed by atoms with Gasteiger partial charge in [0, 0.05) is 0 Å². The average Bonchev–Trinajstić information content (AvgIpc) is 2.36. The Morgan fingerprint density at radius 2 is 1.78 bits per heavy atom. The van der Waals surface area contributed by atoms with Crippen molar-refractivity contribution in [1.29, 1.82) is 0 Å². The molecular formula is C15H23NO2. The van der Waals surface area contributed by atoms with Crippen LogP contribution in [0, 0.1) is 0 Å². The summed E-state index contributed by atoms with van der Waals surface area (Å²) in [6.07, 6.45) is 6.55. The lowest BCUT2D eigenvalue weighted by Crippen LogP contribution is -2.32. The maximum atomic E-state index is 10.6. The molecule has 0 aliphatic carbocycles. The number of unbranched alkanes of at least 4 members (excludes halogenated alkanes) is 3. The Kier molecular flexibility index (Phi) is 6.44. The van der Waals surface area contributed by atoms with E-state index in [1.165, 1.54) is 31.2 Å². The Hall–Kier alpha value is -1.35. The van der Waals surface area contributed by atoms with Crippen molar-refractivity contribution in [1.82, 2.24) is 0 Å². The van der Waals surface area contributed by atoms with E-state index in [1.807, 2.05) is 12.1 Å². The summed E-state index contributed by atoms with van der Waals surface area (Å²) in [5, 5.41) is 8.74. The van der Waals surface area contributed by atoms with Crippen LogP contribution in [0.5, 0.6) is 0 Å². The van der Waals surface area contributed by atoms with E-state index in [2.05, 4.69) is 19.1 Å². The molecule has 1 rings (SSSR count). The van der Waals surface area contributed by atoms with Gasteiger partial charge >= 0.3 is 5.97 Å². The molecule has 100 valence electrons. The highest BCUT2D eigenvalue weighted by Crippen LogP contribution is 2.10. The lowest BCUT2D eigenvalue weighted by Gasteiger charge is -2.07. The van der Waals surface area contributed by atoms with Crippen LogP contribution in [-0.2, 0) is 17.6 Å². The minimum Gasteiger partial charge on any atom is -0.480 e. The molecule has 0 heterocycles. The van der Waals surface area contributed by atoms with E-state index >= 15 is 0 Å². The summed E-state index contributed by atoms with van der Waals surface area (Å²) in [4.78, 5) is 10.6. The van der Waals surface area contributed by atoms with Gasteiger partial charge in [-0.2, -0.15) is 0 Å². The molecule has 1 atom stereocenters. The zero-order chi connectivity index (χ0) is 13.4. The van der Waals surface area contributed by atoms with Gasteiger partial charge in [0.25, 0.3) is 0 Å². The molecule has 0 radical (unpaired) electrons. The van der Waals surface area contributed by atoms with Gasteiger partial charge in [0.2, 0.25) is 0 Å². The van der Waals surface area contributed by atoms with Crippen LogP contribution in [0.4, 0.5) is 0 Å². The standard InChI is InChI=1S/C15H23NO2/c1-2-3-4-5-6-12-7-9-13(10-8-12)11-14(16)15(17)18/h7-10,14H,2-6,11,16H2,1H3,(H,17,18). The van der Waals surface area contributed by atoms with E-state index in [0.29, 0.717) is 6.42 Å². The number of nitrogens with two attached hydrogens (primary N) is 1. The number of hydrogen-bond acceptors (Lipinski definition) is 2. The lowest BCUT2D eigenvalue weighted by molar-refractivity contribution is -0.138. The number of rotatable bonds is 8. The number of carboxylic acid groups (broad SMARTS) is 1.